The Morgan fingerprint density at radius 2 is 2.29 bits per heavy atom. The Morgan fingerprint density at radius 3 is 3.00 bits per heavy atom. The van der Waals surface area contributed by atoms with Gasteiger partial charge in [0, 0.05) is 18.1 Å². The maximum Gasteiger partial charge on any atom is 0.322 e. The normalized spacial score (nSPS) is 18.4. The van der Waals surface area contributed by atoms with Gasteiger partial charge in [-0.05, 0) is 24.6 Å². The smallest absolute Gasteiger partial charge is 0.322 e. The highest BCUT2D eigenvalue weighted by molar-refractivity contribution is 7.99. The van der Waals surface area contributed by atoms with Crippen LogP contribution in [0.15, 0.2) is 18.2 Å². The number of aryl methyl sites for hydroxylation is 1. The van der Waals surface area contributed by atoms with Gasteiger partial charge < -0.3 is 15.3 Å². The first kappa shape index (κ1) is 15.6. The summed E-state index contributed by atoms with van der Waals surface area (Å²) in [7, 11) is 0. The van der Waals surface area contributed by atoms with Gasteiger partial charge in [-0.3, -0.25) is 4.79 Å². The molecule has 1 aliphatic rings. The van der Waals surface area contributed by atoms with Crippen molar-refractivity contribution in [1.82, 2.24) is 4.90 Å². The van der Waals surface area contributed by atoms with Crippen molar-refractivity contribution in [2.45, 2.75) is 19.4 Å². The number of thioether (sulfide) groups is 1. The fraction of sp³-hybridized carbons (Fsp3) is 0.429. The molecule has 1 aliphatic heterocycles. The van der Waals surface area contributed by atoms with Crippen LogP contribution in [0.25, 0.3) is 0 Å². The molecule has 1 heterocycles. The fourth-order valence-electron chi connectivity index (χ4n) is 2.21. The minimum Gasteiger partial charge on any atom is -0.481 e. The van der Waals surface area contributed by atoms with Crippen LogP contribution in [0, 0.1) is 12.7 Å². The molecule has 1 aromatic rings. The summed E-state index contributed by atoms with van der Waals surface area (Å²) in [6, 6.07) is 3.65. The standard InChI is InChI=1S/C14H17FN2O3S/c1-9-2-3-11(15)12(6-9)16-14(20)17-4-5-21-8-10(17)7-13(18)19/h2-3,6,10H,4-5,7-8H2,1H3,(H,16,20)(H,18,19). The van der Waals surface area contributed by atoms with Gasteiger partial charge in [0.15, 0.2) is 0 Å². The van der Waals surface area contributed by atoms with Gasteiger partial charge in [-0.2, -0.15) is 11.8 Å². The van der Waals surface area contributed by atoms with Crippen molar-refractivity contribution in [2.75, 3.05) is 23.4 Å². The van der Waals surface area contributed by atoms with E-state index in [9.17, 15) is 14.0 Å². The second kappa shape index (κ2) is 6.80. The molecule has 2 rings (SSSR count). The molecule has 0 spiro atoms. The molecule has 0 saturated carbocycles. The lowest BCUT2D eigenvalue weighted by Gasteiger charge is -2.34. The molecule has 5 nitrogen and oxygen atoms in total. The van der Waals surface area contributed by atoms with E-state index in [2.05, 4.69) is 5.32 Å². The number of amides is 2. The number of carbonyl (C=O) groups excluding carboxylic acids is 1. The number of aliphatic carboxylic acids is 1. The third-order valence-electron chi connectivity index (χ3n) is 3.26. The molecule has 1 fully saturated rings. The second-order valence-electron chi connectivity index (χ2n) is 4.93. The van der Waals surface area contributed by atoms with Gasteiger partial charge in [0.2, 0.25) is 0 Å². The third kappa shape index (κ3) is 4.10. The highest BCUT2D eigenvalue weighted by Crippen LogP contribution is 2.22. The summed E-state index contributed by atoms with van der Waals surface area (Å²) in [5, 5.41) is 11.4. The number of hydrogen-bond acceptors (Lipinski definition) is 3. The van der Waals surface area contributed by atoms with Crippen molar-refractivity contribution < 1.29 is 19.1 Å². The molecular formula is C14H17FN2O3S. The van der Waals surface area contributed by atoms with E-state index in [1.165, 1.54) is 11.0 Å². The molecule has 21 heavy (non-hydrogen) atoms. The molecule has 2 amide bonds. The monoisotopic (exact) mass is 312 g/mol. The van der Waals surface area contributed by atoms with Crippen LogP contribution in [0.3, 0.4) is 0 Å². The van der Waals surface area contributed by atoms with E-state index < -0.39 is 17.8 Å². The lowest BCUT2D eigenvalue weighted by molar-refractivity contribution is -0.137. The molecule has 7 heteroatoms. The molecule has 1 unspecified atom stereocenters. The number of benzene rings is 1. The van der Waals surface area contributed by atoms with Crippen LogP contribution in [0.5, 0.6) is 0 Å². The Morgan fingerprint density at radius 1 is 1.52 bits per heavy atom. The highest BCUT2D eigenvalue weighted by atomic mass is 32.2. The van der Waals surface area contributed by atoms with Gasteiger partial charge >= 0.3 is 12.0 Å². The number of hydrogen-bond donors (Lipinski definition) is 2. The summed E-state index contributed by atoms with van der Waals surface area (Å²) >= 11 is 1.62. The van der Waals surface area contributed by atoms with Crippen LogP contribution in [0.4, 0.5) is 14.9 Å². The first-order valence-electron chi connectivity index (χ1n) is 6.60. The van der Waals surface area contributed by atoms with Crippen LogP contribution in [0.1, 0.15) is 12.0 Å². The number of carboxylic acid groups (broad SMARTS) is 1. The van der Waals surface area contributed by atoms with Crippen molar-refractivity contribution in [1.29, 1.82) is 0 Å². The molecule has 0 aliphatic carbocycles. The number of urea groups is 1. The zero-order chi connectivity index (χ0) is 15.4. The van der Waals surface area contributed by atoms with E-state index in [1.807, 2.05) is 0 Å². The average molecular weight is 312 g/mol. The molecule has 1 saturated heterocycles. The SMILES string of the molecule is Cc1ccc(F)c(NC(=O)N2CCSCC2CC(=O)O)c1. The summed E-state index contributed by atoms with van der Waals surface area (Å²) in [6.07, 6.45) is -0.100. The number of carbonyl (C=O) groups is 2. The number of nitrogens with zero attached hydrogens (tertiary/aromatic N) is 1. The van der Waals surface area contributed by atoms with Crippen molar-refractivity contribution in [3.8, 4) is 0 Å². The Balaban J connectivity index is 2.10. The molecule has 2 N–H and O–H groups in total. The summed E-state index contributed by atoms with van der Waals surface area (Å²) in [5.41, 5.74) is 0.954. The molecule has 114 valence electrons. The van der Waals surface area contributed by atoms with Crippen LogP contribution in [-0.4, -0.2) is 46.1 Å². The maximum absolute atomic E-state index is 13.7. The van der Waals surface area contributed by atoms with E-state index in [0.717, 1.165) is 11.3 Å². The zero-order valence-electron chi connectivity index (χ0n) is 11.6. The van der Waals surface area contributed by atoms with Gasteiger partial charge in [-0.15, -0.1) is 0 Å². The van der Waals surface area contributed by atoms with Crippen molar-refractivity contribution >= 4 is 29.4 Å². The van der Waals surface area contributed by atoms with Crippen LogP contribution in [0.2, 0.25) is 0 Å². The van der Waals surface area contributed by atoms with Gasteiger partial charge in [0.05, 0.1) is 18.2 Å². The van der Waals surface area contributed by atoms with Gasteiger partial charge in [0.25, 0.3) is 0 Å². The topological polar surface area (TPSA) is 69.6 Å². The van der Waals surface area contributed by atoms with E-state index in [0.29, 0.717) is 12.3 Å². The van der Waals surface area contributed by atoms with Gasteiger partial charge in [0.1, 0.15) is 5.82 Å². The quantitative estimate of drug-likeness (QED) is 0.900. The summed E-state index contributed by atoms with van der Waals surface area (Å²) in [5.74, 6) is -0.118. The van der Waals surface area contributed by atoms with Crippen LogP contribution >= 0.6 is 11.8 Å². The Labute approximate surface area is 126 Å². The van der Waals surface area contributed by atoms with E-state index >= 15 is 0 Å². The van der Waals surface area contributed by atoms with Crippen molar-refractivity contribution in [2.24, 2.45) is 0 Å². The zero-order valence-corrected chi connectivity index (χ0v) is 12.5. The molecule has 1 atom stereocenters. The number of anilines is 1. The van der Waals surface area contributed by atoms with E-state index in [-0.39, 0.29) is 18.2 Å². The molecule has 0 aromatic heterocycles. The molecule has 1 aromatic carbocycles. The number of carboxylic acids is 1. The first-order valence-corrected chi connectivity index (χ1v) is 7.76. The molecular weight excluding hydrogens is 295 g/mol. The number of rotatable bonds is 3. The highest BCUT2D eigenvalue weighted by Gasteiger charge is 2.29. The fourth-order valence-corrected chi connectivity index (χ4v) is 3.28. The predicted octanol–water partition coefficient (Wildman–Crippen LogP) is 2.56. The molecule has 0 radical (unpaired) electrons. The van der Waals surface area contributed by atoms with Crippen LogP contribution < -0.4 is 5.32 Å². The van der Waals surface area contributed by atoms with E-state index in [1.54, 1.807) is 30.8 Å². The minimum atomic E-state index is -0.943. The Bertz CT molecular complexity index is 553. The predicted molar refractivity (Wildman–Crippen MR) is 80.2 cm³/mol. The van der Waals surface area contributed by atoms with Crippen molar-refractivity contribution in [3.05, 3.63) is 29.6 Å². The van der Waals surface area contributed by atoms with Gasteiger partial charge in [-0.1, -0.05) is 6.07 Å². The summed E-state index contributed by atoms with van der Waals surface area (Å²) in [4.78, 5) is 24.6. The van der Waals surface area contributed by atoms with E-state index in [4.69, 9.17) is 5.11 Å². The summed E-state index contributed by atoms with van der Waals surface area (Å²) < 4.78 is 13.7. The van der Waals surface area contributed by atoms with Crippen LogP contribution in [-0.2, 0) is 4.79 Å². The Kier molecular flexibility index (Phi) is 5.06. The minimum absolute atomic E-state index is 0.100. The average Bonchev–Trinajstić information content (AvgIpc) is 2.42. The lowest BCUT2D eigenvalue weighted by Crippen LogP contribution is -2.49. The number of nitrogens with one attached hydrogen (secondary N) is 1. The summed E-state index contributed by atoms with van der Waals surface area (Å²) in [6.45, 7) is 2.27. The van der Waals surface area contributed by atoms with Gasteiger partial charge in [-0.25, -0.2) is 9.18 Å². The molecule has 0 bridgehead atoms. The number of halogens is 1. The first-order chi connectivity index (χ1) is 9.97. The Hall–Kier alpha value is -1.76. The lowest BCUT2D eigenvalue weighted by atomic mass is 10.2. The van der Waals surface area contributed by atoms with Crippen molar-refractivity contribution in [3.63, 3.8) is 0 Å². The maximum atomic E-state index is 13.7. The second-order valence-corrected chi connectivity index (χ2v) is 6.08. The third-order valence-corrected chi connectivity index (χ3v) is 4.35. The largest absolute Gasteiger partial charge is 0.481 e.